The third-order valence-corrected chi connectivity index (χ3v) is 8.39. The summed E-state index contributed by atoms with van der Waals surface area (Å²) in [6, 6.07) is 7.35. The molecule has 0 saturated carbocycles. The molecule has 0 unspecified atom stereocenters. The van der Waals surface area contributed by atoms with Crippen molar-refractivity contribution < 1.29 is 13.2 Å². The van der Waals surface area contributed by atoms with Crippen molar-refractivity contribution in [2.24, 2.45) is 0 Å². The minimum atomic E-state index is -3.64. The van der Waals surface area contributed by atoms with Crippen molar-refractivity contribution in [3.8, 4) is 5.75 Å². The van der Waals surface area contributed by atoms with Gasteiger partial charge in [-0.15, -0.1) is 0 Å². The number of hydrogen-bond donors (Lipinski definition) is 3. The molecule has 0 bridgehead atoms. The summed E-state index contributed by atoms with van der Waals surface area (Å²) in [6.45, 7) is 15.0. The summed E-state index contributed by atoms with van der Waals surface area (Å²) in [5, 5.41) is 9.16. The van der Waals surface area contributed by atoms with E-state index in [1.165, 1.54) is 18.0 Å². The lowest BCUT2D eigenvalue weighted by Gasteiger charge is -2.21. The Balaban J connectivity index is 0.00000216. The van der Waals surface area contributed by atoms with Crippen LogP contribution in [0.15, 0.2) is 47.8 Å². The fourth-order valence-electron chi connectivity index (χ4n) is 4.05. The lowest BCUT2D eigenvalue weighted by molar-refractivity contribution is 0.243. The third kappa shape index (κ3) is 7.50. The highest BCUT2D eigenvalue weighted by Gasteiger charge is 2.25. The van der Waals surface area contributed by atoms with Gasteiger partial charge in [-0.2, -0.15) is 4.98 Å². The molecular formula is C29H39ClN6O3S. The summed E-state index contributed by atoms with van der Waals surface area (Å²) in [4.78, 5) is 13.0. The largest absolute Gasteiger partial charge is 0.489 e. The van der Waals surface area contributed by atoms with E-state index < -0.39 is 15.1 Å². The summed E-state index contributed by atoms with van der Waals surface area (Å²) in [7, 11) is -3.64. The molecule has 4 rings (SSSR count). The molecule has 0 atom stereocenters. The number of anilines is 4. The van der Waals surface area contributed by atoms with Gasteiger partial charge in [0.2, 0.25) is 5.95 Å². The van der Waals surface area contributed by atoms with E-state index in [4.69, 9.17) is 16.3 Å². The van der Waals surface area contributed by atoms with Crippen LogP contribution in [0.4, 0.5) is 23.1 Å². The topological polar surface area (TPSA) is 118 Å². The van der Waals surface area contributed by atoms with E-state index in [1.807, 2.05) is 33.8 Å². The lowest BCUT2D eigenvalue weighted by Crippen LogP contribution is -2.20. The molecule has 0 fully saturated rings. The highest BCUT2D eigenvalue weighted by atomic mass is 35.5. The molecular weight excluding hydrogens is 548 g/mol. The van der Waals surface area contributed by atoms with Gasteiger partial charge in [-0.1, -0.05) is 31.5 Å². The van der Waals surface area contributed by atoms with E-state index in [9.17, 15) is 8.42 Å². The van der Waals surface area contributed by atoms with Crippen LogP contribution in [-0.4, -0.2) is 47.8 Å². The molecule has 1 aliphatic rings. The number of aryl methyl sites for hydroxylation is 1. The van der Waals surface area contributed by atoms with Crippen LogP contribution in [0.1, 0.15) is 59.1 Å². The molecule has 1 aromatic carbocycles. The quantitative estimate of drug-likeness (QED) is 0.252. The summed E-state index contributed by atoms with van der Waals surface area (Å²) >= 11 is 6.39. The smallest absolute Gasteiger partial charge is 0.229 e. The number of pyridine rings is 1. The number of halogens is 1. The van der Waals surface area contributed by atoms with Crippen LogP contribution < -0.4 is 20.7 Å². The maximum Gasteiger partial charge on any atom is 0.229 e. The molecule has 1 aliphatic heterocycles. The number of aromatic nitrogens is 3. The first-order valence-corrected chi connectivity index (χ1v) is 15.5. The van der Waals surface area contributed by atoms with Crippen molar-refractivity contribution in [2.45, 2.75) is 71.3 Å². The Bertz CT molecular complexity index is 1460. The van der Waals surface area contributed by atoms with Gasteiger partial charge in [0.15, 0.2) is 20.7 Å². The minimum absolute atomic E-state index is 0.0385. The second-order valence-electron chi connectivity index (χ2n) is 9.60. The molecule has 216 valence electrons. The van der Waals surface area contributed by atoms with Crippen LogP contribution in [-0.2, 0) is 9.84 Å². The molecule has 9 nitrogen and oxygen atoms in total. The first-order chi connectivity index (χ1) is 19.1. The van der Waals surface area contributed by atoms with Crippen LogP contribution in [0.2, 0.25) is 5.02 Å². The Kier molecular flexibility index (Phi) is 10.9. The van der Waals surface area contributed by atoms with Gasteiger partial charge in [-0.25, -0.2) is 18.4 Å². The van der Waals surface area contributed by atoms with E-state index >= 15 is 0 Å². The number of ether oxygens (including phenoxy) is 1. The van der Waals surface area contributed by atoms with Crippen molar-refractivity contribution >= 4 is 50.2 Å². The van der Waals surface area contributed by atoms with Crippen molar-refractivity contribution in [2.75, 3.05) is 23.7 Å². The van der Waals surface area contributed by atoms with E-state index in [2.05, 4.69) is 50.0 Å². The molecule has 0 radical (unpaired) electrons. The van der Waals surface area contributed by atoms with E-state index in [0.29, 0.717) is 11.4 Å². The van der Waals surface area contributed by atoms with Gasteiger partial charge in [0, 0.05) is 12.7 Å². The van der Waals surface area contributed by atoms with Crippen LogP contribution in [0.25, 0.3) is 5.57 Å². The maximum atomic E-state index is 12.8. The first-order valence-electron chi connectivity index (χ1n) is 13.5. The average Bonchev–Trinajstić information content (AvgIpc) is 2.93. The molecule has 0 amide bonds. The monoisotopic (exact) mass is 586 g/mol. The molecule has 3 heterocycles. The number of hydrogen-bond acceptors (Lipinski definition) is 9. The summed E-state index contributed by atoms with van der Waals surface area (Å²) < 4.78 is 31.8. The predicted molar refractivity (Wildman–Crippen MR) is 164 cm³/mol. The summed E-state index contributed by atoms with van der Waals surface area (Å²) in [5.41, 5.74) is 4.55. The Morgan fingerprint density at radius 3 is 2.48 bits per heavy atom. The fraction of sp³-hybridized carbons (Fsp3) is 0.414. The Hall–Kier alpha value is -3.21. The third-order valence-electron chi connectivity index (χ3n) is 6.00. The van der Waals surface area contributed by atoms with Crippen molar-refractivity contribution in [1.29, 1.82) is 0 Å². The van der Waals surface area contributed by atoms with Crippen molar-refractivity contribution in [3.63, 3.8) is 0 Å². The zero-order chi connectivity index (χ0) is 29.4. The van der Waals surface area contributed by atoms with Gasteiger partial charge in [0.05, 0.1) is 28.9 Å². The van der Waals surface area contributed by atoms with Gasteiger partial charge in [0.1, 0.15) is 10.8 Å². The zero-order valence-corrected chi connectivity index (χ0v) is 25.7. The van der Waals surface area contributed by atoms with E-state index in [1.54, 1.807) is 26.0 Å². The first kappa shape index (κ1) is 31.3. The minimum Gasteiger partial charge on any atom is -0.489 e. The zero-order valence-electron chi connectivity index (χ0n) is 24.2. The van der Waals surface area contributed by atoms with Gasteiger partial charge in [0.25, 0.3) is 0 Å². The number of benzene rings is 1. The highest BCUT2D eigenvalue weighted by Crippen LogP contribution is 2.36. The standard InChI is InChI=1S/C27H33ClN6O3S.C2H6/c1-16(2)37-24-14-20(19-8-11-29-12-9-19)18(5)13-23(24)33-27-31-15-21(28)25(34-27)32-22-7-6-10-30-26(22)38(35,36)17(3)4;1-2/h6-8,10,13-17,29H,9,11-12H2,1-5H3,(H2,31,32,33,34);1-2H3. The summed E-state index contributed by atoms with van der Waals surface area (Å²) in [5.74, 6) is 1.21. The van der Waals surface area contributed by atoms with Crippen molar-refractivity contribution in [3.05, 3.63) is 58.9 Å². The van der Waals surface area contributed by atoms with Crippen LogP contribution in [0.3, 0.4) is 0 Å². The number of nitrogens with one attached hydrogen (secondary N) is 3. The number of rotatable bonds is 9. The van der Waals surface area contributed by atoms with Gasteiger partial charge < -0.3 is 20.7 Å². The average molecular weight is 587 g/mol. The van der Waals surface area contributed by atoms with Crippen LogP contribution in [0.5, 0.6) is 5.75 Å². The van der Waals surface area contributed by atoms with E-state index in [0.717, 1.165) is 30.6 Å². The Morgan fingerprint density at radius 2 is 1.82 bits per heavy atom. The van der Waals surface area contributed by atoms with Crippen LogP contribution in [0, 0.1) is 6.92 Å². The second kappa shape index (κ2) is 13.9. The molecule has 0 spiro atoms. The normalized spacial score (nSPS) is 13.4. The predicted octanol–water partition coefficient (Wildman–Crippen LogP) is 6.69. The summed E-state index contributed by atoms with van der Waals surface area (Å²) in [6.07, 6.45) is 6.02. The molecule has 11 heteroatoms. The molecule has 0 saturated heterocycles. The maximum absolute atomic E-state index is 12.8. The molecule has 40 heavy (non-hydrogen) atoms. The van der Waals surface area contributed by atoms with Gasteiger partial charge in [-0.3, -0.25) is 0 Å². The molecule has 3 aromatic rings. The highest BCUT2D eigenvalue weighted by molar-refractivity contribution is 7.92. The Labute approximate surface area is 242 Å². The number of sulfone groups is 1. The second-order valence-corrected chi connectivity index (χ2v) is 12.4. The molecule has 0 aliphatic carbocycles. The Morgan fingerprint density at radius 1 is 1.07 bits per heavy atom. The number of nitrogens with zero attached hydrogens (tertiary/aromatic N) is 3. The lowest BCUT2D eigenvalue weighted by atomic mass is 9.95. The fourth-order valence-corrected chi connectivity index (χ4v) is 5.27. The van der Waals surface area contributed by atoms with Gasteiger partial charge in [-0.05, 0) is 88.5 Å². The van der Waals surface area contributed by atoms with E-state index in [-0.39, 0.29) is 33.6 Å². The molecule has 3 N–H and O–H groups in total. The molecule has 2 aromatic heterocycles. The van der Waals surface area contributed by atoms with Crippen molar-refractivity contribution in [1.82, 2.24) is 20.3 Å². The van der Waals surface area contributed by atoms with Crippen LogP contribution >= 0.6 is 11.6 Å². The SMILES string of the molecule is CC.Cc1cc(Nc2ncc(Cl)c(Nc3cccnc3S(=O)(=O)C(C)C)n2)c(OC(C)C)cc1C1=CCNCC1. The van der Waals surface area contributed by atoms with Gasteiger partial charge >= 0.3 is 0 Å².